The molecule has 0 N–H and O–H groups in total. The molecule has 0 amide bonds. The van der Waals surface area contributed by atoms with Gasteiger partial charge in [-0.2, -0.15) is 0 Å². The van der Waals surface area contributed by atoms with Crippen LogP contribution in [-0.4, -0.2) is 9.38 Å². The van der Waals surface area contributed by atoms with Crippen LogP contribution in [0.3, 0.4) is 0 Å². The summed E-state index contributed by atoms with van der Waals surface area (Å²) in [6.45, 7) is 7.03. The molecule has 102 valence electrons. The fourth-order valence-corrected chi connectivity index (χ4v) is 1.79. The van der Waals surface area contributed by atoms with Crippen molar-refractivity contribution in [3.8, 4) is 0 Å². The van der Waals surface area contributed by atoms with E-state index in [1.54, 1.807) is 6.20 Å². The van der Waals surface area contributed by atoms with Crippen molar-refractivity contribution in [3.63, 3.8) is 0 Å². The Bertz CT molecular complexity index is 684. The monoisotopic (exact) mass is 266 g/mol. The van der Waals surface area contributed by atoms with E-state index >= 15 is 0 Å². The van der Waals surface area contributed by atoms with Gasteiger partial charge in [0.05, 0.1) is 5.69 Å². The van der Waals surface area contributed by atoms with Gasteiger partial charge in [0.25, 0.3) is 5.56 Å². The molecule has 2 aromatic heterocycles. The van der Waals surface area contributed by atoms with Gasteiger partial charge in [0.2, 0.25) is 0 Å². The minimum absolute atomic E-state index is 0.0487. The third-order valence-electron chi connectivity index (χ3n) is 3.01. The smallest absolute Gasteiger partial charge is 0.258 e. The molecule has 0 aliphatic heterocycles. The van der Waals surface area contributed by atoms with Crippen LogP contribution >= 0.6 is 0 Å². The van der Waals surface area contributed by atoms with Crippen LogP contribution in [0.1, 0.15) is 45.1 Å². The number of nitrogens with zero attached hydrogens (tertiary/aromatic N) is 2. The maximum atomic E-state index is 14.1. The second-order valence-electron chi connectivity index (χ2n) is 5.66. The average molecular weight is 266 g/mol. The van der Waals surface area contributed by atoms with Crippen LogP contribution in [0, 0.1) is 5.82 Å². The first kappa shape index (κ1) is 13.6. The van der Waals surface area contributed by atoms with Crippen molar-refractivity contribution in [2.24, 2.45) is 0 Å². The van der Waals surface area contributed by atoms with Gasteiger partial charge in [-0.3, -0.25) is 9.20 Å². The lowest BCUT2D eigenvalue weighted by Crippen LogP contribution is -2.20. The zero-order valence-corrected chi connectivity index (χ0v) is 11.4. The van der Waals surface area contributed by atoms with Gasteiger partial charge in [0.1, 0.15) is 6.17 Å². The molecular formula is C14H16F2N2O. The van der Waals surface area contributed by atoms with E-state index < -0.39 is 17.5 Å². The molecule has 0 radical (unpaired) electrons. The Morgan fingerprint density at radius 2 is 1.95 bits per heavy atom. The molecule has 0 fully saturated rings. The Morgan fingerprint density at radius 1 is 1.32 bits per heavy atom. The summed E-state index contributed by atoms with van der Waals surface area (Å²) in [6.07, 6.45) is 0.153. The Balaban J connectivity index is 2.81. The van der Waals surface area contributed by atoms with Gasteiger partial charge in [0.15, 0.2) is 11.5 Å². The van der Waals surface area contributed by atoms with Crippen LogP contribution in [0.25, 0.3) is 5.65 Å². The molecule has 0 saturated heterocycles. The number of rotatable bonds is 1. The molecule has 3 nitrogen and oxygen atoms in total. The molecule has 0 aromatic carbocycles. The highest BCUT2D eigenvalue weighted by molar-refractivity contribution is 5.43. The fraction of sp³-hybridized carbons (Fsp3) is 0.429. The number of aromatic nitrogens is 2. The molecule has 2 aromatic rings. The van der Waals surface area contributed by atoms with Crippen LogP contribution in [0.15, 0.2) is 23.1 Å². The van der Waals surface area contributed by atoms with Crippen LogP contribution in [0.2, 0.25) is 0 Å². The highest BCUT2D eigenvalue weighted by atomic mass is 19.1. The van der Waals surface area contributed by atoms with Crippen molar-refractivity contribution in [2.45, 2.75) is 39.3 Å². The van der Waals surface area contributed by atoms with E-state index in [0.29, 0.717) is 5.56 Å². The lowest BCUT2D eigenvalue weighted by atomic mass is 9.88. The SMILES string of the molecule is CC(F)c1cc(=O)n2cc(C(C)(C)C)cc(F)c2n1. The predicted octanol–water partition coefficient (Wildman–Crippen LogP) is 3.16. The van der Waals surface area contributed by atoms with E-state index in [1.165, 1.54) is 13.0 Å². The van der Waals surface area contributed by atoms with Crippen molar-refractivity contribution in [3.05, 3.63) is 45.8 Å². The highest BCUT2D eigenvalue weighted by Gasteiger charge is 2.18. The largest absolute Gasteiger partial charge is 0.269 e. The number of alkyl halides is 1. The molecule has 19 heavy (non-hydrogen) atoms. The Kier molecular flexibility index (Phi) is 3.16. The molecule has 0 bridgehead atoms. The van der Waals surface area contributed by atoms with Crippen molar-refractivity contribution in [1.82, 2.24) is 9.38 Å². The van der Waals surface area contributed by atoms with Crippen LogP contribution in [0.4, 0.5) is 8.78 Å². The number of halogens is 2. The lowest BCUT2D eigenvalue weighted by Gasteiger charge is -2.19. The highest BCUT2D eigenvalue weighted by Crippen LogP contribution is 2.24. The third kappa shape index (κ3) is 2.50. The first-order valence-corrected chi connectivity index (χ1v) is 6.07. The number of hydrogen-bond acceptors (Lipinski definition) is 2. The molecule has 5 heteroatoms. The van der Waals surface area contributed by atoms with E-state index in [4.69, 9.17) is 0 Å². The van der Waals surface area contributed by atoms with E-state index in [-0.39, 0.29) is 16.8 Å². The first-order valence-electron chi connectivity index (χ1n) is 6.07. The van der Waals surface area contributed by atoms with E-state index in [2.05, 4.69) is 4.98 Å². The summed E-state index contributed by atoms with van der Waals surface area (Å²) >= 11 is 0. The minimum Gasteiger partial charge on any atom is -0.269 e. The zero-order chi connectivity index (χ0) is 14.4. The quantitative estimate of drug-likeness (QED) is 0.794. The molecule has 0 saturated carbocycles. The number of hydrogen-bond donors (Lipinski definition) is 0. The summed E-state index contributed by atoms with van der Waals surface area (Å²) in [5.74, 6) is -0.618. The number of fused-ring (bicyclic) bond motifs is 1. The maximum Gasteiger partial charge on any atom is 0.258 e. The van der Waals surface area contributed by atoms with Gasteiger partial charge >= 0.3 is 0 Å². The van der Waals surface area contributed by atoms with E-state index in [9.17, 15) is 13.6 Å². The van der Waals surface area contributed by atoms with Crippen molar-refractivity contribution < 1.29 is 8.78 Å². The standard InChI is InChI=1S/C14H16F2N2O/c1-8(15)11-6-12(19)18-7-9(14(2,3)4)5-10(16)13(18)17-11/h5-8H,1-4H3. The summed E-state index contributed by atoms with van der Waals surface area (Å²) in [7, 11) is 0. The summed E-state index contributed by atoms with van der Waals surface area (Å²) in [4.78, 5) is 15.8. The first-order chi connectivity index (χ1) is 8.70. The molecule has 1 atom stereocenters. The lowest BCUT2D eigenvalue weighted by molar-refractivity contribution is 0.365. The second-order valence-corrected chi connectivity index (χ2v) is 5.66. The average Bonchev–Trinajstić information content (AvgIpc) is 2.28. The normalized spacial score (nSPS) is 13.8. The van der Waals surface area contributed by atoms with Gasteiger partial charge in [0, 0.05) is 12.3 Å². The fourth-order valence-electron chi connectivity index (χ4n) is 1.79. The molecule has 0 spiro atoms. The second kappa shape index (κ2) is 4.40. The van der Waals surface area contributed by atoms with Gasteiger partial charge < -0.3 is 0 Å². The molecule has 0 aliphatic rings. The van der Waals surface area contributed by atoms with Crippen LogP contribution < -0.4 is 5.56 Å². The molecule has 2 heterocycles. The van der Waals surface area contributed by atoms with Gasteiger partial charge in [-0.1, -0.05) is 20.8 Å². The molecular weight excluding hydrogens is 250 g/mol. The maximum absolute atomic E-state index is 14.1. The van der Waals surface area contributed by atoms with E-state index in [1.807, 2.05) is 20.8 Å². The van der Waals surface area contributed by atoms with E-state index in [0.717, 1.165) is 10.5 Å². The Morgan fingerprint density at radius 3 is 2.47 bits per heavy atom. The minimum atomic E-state index is -1.40. The van der Waals surface area contributed by atoms with Crippen molar-refractivity contribution in [1.29, 1.82) is 0 Å². The summed E-state index contributed by atoms with van der Waals surface area (Å²) < 4.78 is 28.4. The Labute approximate surface area is 109 Å². The molecule has 0 aliphatic carbocycles. The molecule has 2 rings (SSSR count). The Hall–Kier alpha value is -1.78. The van der Waals surface area contributed by atoms with Crippen molar-refractivity contribution >= 4 is 5.65 Å². The number of pyridine rings is 1. The van der Waals surface area contributed by atoms with Crippen LogP contribution in [0.5, 0.6) is 0 Å². The summed E-state index contributed by atoms with van der Waals surface area (Å²) in [6, 6.07) is 2.44. The van der Waals surface area contributed by atoms with Crippen molar-refractivity contribution in [2.75, 3.05) is 0 Å². The van der Waals surface area contributed by atoms with Gasteiger partial charge in [-0.25, -0.2) is 13.8 Å². The van der Waals surface area contributed by atoms with Crippen LogP contribution in [-0.2, 0) is 5.41 Å². The third-order valence-corrected chi connectivity index (χ3v) is 3.01. The predicted molar refractivity (Wildman–Crippen MR) is 69.6 cm³/mol. The molecule has 1 unspecified atom stereocenters. The summed E-state index contributed by atoms with van der Waals surface area (Å²) in [5, 5.41) is 0. The summed E-state index contributed by atoms with van der Waals surface area (Å²) in [5.41, 5.74) is -0.273. The zero-order valence-electron chi connectivity index (χ0n) is 11.4. The van der Waals surface area contributed by atoms with Gasteiger partial charge in [-0.15, -0.1) is 0 Å². The topological polar surface area (TPSA) is 34.4 Å². The van der Waals surface area contributed by atoms with Gasteiger partial charge in [-0.05, 0) is 24.0 Å².